The van der Waals surface area contributed by atoms with Crippen LogP contribution in [0, 0.1) is 5.92 Å². The zero-order valence-corrected chi connectivity index (χ0v) is 11.9. The first kappa shape index (κ1) is 15.6. The maximum absolute atomic E-state index is 12.2. The zero-order valence-electron chi connectivity index (χ0n) is 11.9. The topological polar surface area (TPSA) is 90.9 Å². The fourth-order valence-corrected chi connectivity index (χ4v) is 2.35. The third-order valence-corrected chi connectivity index (χ3v) is 3.32. The van der Waals surface area contributed by atoms with Crippen LogP contribution >= 0.6 is 0 Å². The van der Waals surface area contributed by atoms with Crippen molar-refractivity contribution >= 4 is 11.9 Å². The molecule has 1 aliphatic rings. The van der Waals surface area contributed by atoms with Crippen LogP contribution in [0.2, 0.25) is 0 Å². The van der Waals surface area contributed by atoms with E-state index in [0.717, 1.165) is 12.8 Å². The highest BCUT2D eigenvalue weighted by Crippen LogP contribution is 2.18. The first-order valence-corrected chi connectivity index (χ1v) is 7.04. The lowest BCUT2D eigenvalue weighted by atomic mass is 10.2. The second-order valence-electron chi connectivity index (χ2n) is 5.61. The van der Waals surface area contributed by atoms with E-state index in [9.17, 15) is 4.79 Å². The number of nitrogens with zero attached hydrogens (tertiary/aromatic N) is 2. The first-order valence-electron chi connectivity index (χ1n) is 7.04. The van der Waals surface area contributed by atoms with E-state index in [1.54, 1.807) is 4.90 Å². The summed E-state index contributed by atoms with van der Waals surface area (Å²) in [4.78, 5) is 14.0. The summed E-state index contributed by atoms with van der Waals surface area (Å²) in [5.41, 5.74) is 5.46. The molecule has 0 unspecified atom stereocenters. The number of nitrogens with two attached hydrogens (primary N) is 1. The summed E-state index contributed by atoms with van der Waals surface area (Å²) in [7, 11) is 0. The Hall–Kier alpha value is -1.46. The third-order valence-electron chi connectivity index (χ3n) is 3.32. The number of amidine groups is 1. The van der Waals surface area contributed by atoms with Gasteiger partial charge in [0.05, 0.1) is 0 Å². The monoisotopic (exact) mass is 270 g/mol. The Labute approximate surface area is 115 Å². The molecule has 0 spiro atoms. The Bertz CT molecular complexity index is 312. The van der Waals surface area contributed by atoms with E-state index < -0.39 is 0 Å². The predicted octanol–water partition coefficient (Wildman–Crippen LogP) is 1.73. The number of amides is 2. The molecule has 4 N–H and O–H groups in total. The fraction of sp³-hybridized carbons (Fsp3) is 0.846. The molecule has 1 rings (SSSR count). The van der Waals surface area contributed by atoms with E-state index in [1.807, 2.05) is 0 Å². The van der Waals surface area contributed by atoms with Crippen LogP contribution in [0.25, 0.3) is 0 Å². The van der Waals surface area contributed by atoms with Gasteiger partial charge in [0.25, 0.3) is 0 Å². The summed E-state index contributed by atoms with van der Waals surface area (Å²) in [6.07, 6.45) is 4.92. The van der Waals surface area contributed by atoms with Gasteiger partial charge in [0.15, 0.2) is 0 Å². The summed E-state index contributed by atoms with van der Waals surface area (Å²) in [6, 6.07) is 0.275. The van der Waals surface area contributed by atoms with Crippen molar-refractivity contribution in [2.75, 3.05) is 13.1 Å². The minimum Gasteiger partial charge on any atom is -0.409 e. The van der Waals surface area contributed by atoms with E-state index >= 15 is 0 Å². The van der Waals surface area contributed by atoms with Gasteiger partial charge >= 0.3 is 6.03 Å². The SMILES string of the molecule is CC(C)CN(CCC(N)=NO)C(=O)NC1CCCC1. The van der Waals surface area contributed by atoms with Crippen molar-refractivity contribution in [2.24, 2.45) is 16.8 Å². The molecule has 0 heterocycles. The lowest BCUT2D eigenvalue weighted by Gasteiger charge is -2.26. The zero-order chi connectivity index (χ0) is 14.3. The normalized spacial score (nSPS) is 16.9. The molecule has 19 heavy (non-hydrogen) atoms. The van der Waals surface area contributed by atoms with Gasteiger partial charge in [0.1, 0.15) is 5.84 Å². The molecule has 0 saturated heterocycles. The number of urea groups is 1. The Morgan fingerprint density at radius 3 is 2.63 bits per heavy atom. The van der Waals surface area contributed by atoms with Crippen LogP contribution in [0.1, 0.15) is 46.0 Å². The fourth-order valence-electron chi connectivity index (χ4n) is 2.35. The van der Waals surface area contributed by atoms with Crippen LogP contribution in [0.15, 0.2) is 5.16 Å². The molecule has 0 aromatic carbocycles. The minimum atomic E-state index is -0.0358. The highest BCUT2D eigenvalue weighted by molar-refractivity contribution is 5.81. The summed E-state index contributed by atoms with van der Waals surface area (Å²) in [5, 5.41) is 14.5. The van der Waals surface area contributed by atoms with Gasteiger partial charge in [-0.3, -0.25) is 0 Å². The Morgan fingerprint density at radius 2 is 2.11 bits per heavy atom. The average Bonchev–Trinajstić information content (AvgIpc) is 2.86. The van der Waals surface area contributed by atoms with E-state index in [0.29, 0.717) is 31.5 Å². The number of carbonyl (C=O) groups is 1. The quantitative estimate of drug-likeness (QED) is 0.297. The van der Waals surface area contributed by atoms with Crippen molar-refractivity contribution in [2.45, 2.75) is 52.0 Å². The van der Waals surface area contributed by atoms with Crippen molar-refractivity contribution < 1.29 is 10.0 Å². The van der Waals surface area contributed by atoms with Gasteiger partial charge in [-0.1, -0.05) is 31.8 Å². The Kier molecular flexibility index (Phi) is 6.45. The highest BCUT2D eigenvalue weighted by atomic mass is 16.4. The molecule has 0 aliphatic heterocycles. The number of rotatable bonds is 6. The Balaban J connectivity index is 2.48. The summed E-state index contributed by atoms with van der Waals surface area (Å²) < 4.78 is 0. The van der Waals surface area contributed by atoms with Crippen LogP contribution in [-0.4, -0.2) is 41.1 Å². The van der Waals surface area contributed by atoms with Crippen molar-refractivity contribution in [1.82, 2.24) is 10.2 Å². The maximum Gasteiger partial charge on any atom is 0.317 e. The molecular weight excluding hydrogens is 244 g/mol. The van der Waals surface area contributed by atoms with Gasteiger partial charge < -0.3 is 21.2 Å². The van der Waals surface area contributed by atoms with E-state index in [2.05, 4.69) is 24.3 Å². The molecule has 1 fully saturated rings. The summed E-state index contributed by atoms with van der Waals surface area (Å²) in [6.45, 7) is 5.29. The number of oxime groups is 1. The molecule has 0 aromatic rings. The largest absolute Gasteiger partial charge is 0.409 e. The number of hydrogen-bond donors (Lipinski definition) is 3. The van der Waals surface area contributed by atoms with Gasteiger partial charge in [-0.2, -0.15) is 0 Å². The van der Waals surface area contributed by atoms with Crippen LogP contribution in [0.5, 0.6) is 0 Å². The van der Waals surface area contributed by atoms with Crippen molar-refractivity contribution in [3.63, 3.8) is 0 Å². The molecule has 0 bridgehead atoms. The molecule has 0 atom stereocenters. The van der Waals surface area contributed by atoms with Crippen molar-refractivity contribution in [3.05, 3.63) is 0 Å². The van der Waals surface area contributed by atoms with Gasteiger partial charge in [-0.25, -0.2) is 4.79 Å². The summed E-state index contributed by atoms with van der Waals surface area (Å²) >= 11 is 0. The summed E-state index contributed by atoms with van der Waals surface area (Å²) in [5.74, 6) is 0.545. The van der Waals surface area contributed by atoms with Crippen LogP contribution in [0.4, 0.5) is 4.79 Å². The second kappa shape index (κ2) is 7.86. The maximum atomic E-state index is 12.2. The molecule has 0 radical (unpaired) electrons. The lowest BCUT2D eigenvalue weighted by molar-refractivity contribution is 0.188. The van der Waals surface area contributed by atoms with Gasteiger partial charge in [0.2, 0.25) is 0 Å². The van der Waals surface area contributed by atoms with E-state index in [-0.39, 0.29) is 11.9 Å². The number of nitrogens with one attached hydrogen (secondary N) is 1. The van der Waals surface area contributed by atoms with Gasteiger partial charge in [-0.15, -0.1) is 0 Å². The third kappa shape index (κ3) is 5.81. The van der Waals surface area contributed by atoms with Gasteiger partial charge in [-0.05, 0) is 18.8 Å². The van der Waals surface area contributed by atoms with Gasteiger partial charge in [0, 0.05) is 25.6 Å². The molecular formula is C13H26N4O2. The van der Waals surface area contributed by atoms with Crippen LogP contribution < -0.4 is 11.1 Å². The number of hydrogen-bond acceptors (Lipinski definition) is 3. The molecule has 0 aromatic heterocycles. The number of carbonyl (C=O) groups excluding carboxylic acids is 1. The molecule has 1 aliphatic carbocycles. The molecule has 6 heteroatoms. The van der Waals surface area contributed by atoms with E-state index in [1.165, 1.54) is 12.8 Å². The minimum absolute atomic E-state index is 0.0358. The first-order chi connectivity index (χ1) is 9.02. The van der Waals surface area contributed by atoms with Crippen LogP contribution in [0.3, 0.4) is 0 Å². The standard InChI is InChI=1S/C13H26N4O2/c1-10(2)9-17(8-7-12(14)16-19)13(18)15-11-5-3-4-6-11/h10-11,19H,3-9H2,1-2H3,(H2,14,16)(H,15,18). The molecule has 1 saturated carbocycles. The van der Waals surface area contributed by atoms with Crippen LogP contribution in [-0.2, 0) is 0 Å². The highest BCUT2D eigenvalue weighted by Gasteiger charge is 2.21. The second-order valence-corrected chi connectivity index (χ2v) is 5.61. The smallest absolute Gasteiger partial charge is 0.317 e. The molecule has 110 valence electrons. The molecule has 6 nitrogen and oxygen atoms in total. The van der Waals surface area contributed by atoms with E-state index in [4.69, 9.17) is 10.9 Å². The predicted molar refractivity (Wildman–Crippen MR) is 75.2 cm³/mol. The Morgan fingerprint density at radius 1 is 1.47 bits per heavy atom. The average molecular weight is 270 g/mol. The van der Waals surface area contributed by atoms with Crippen molar-refractivity contribution in [3.8, 4) is 0 Å². The lowest BCUT2D eigenvalue weighted by Crippen LogP contribution is -2.46. The van der Waals surface area contributed by atoms with Crippen molar-refractivity contribution in [1.29, 1.82) is 0 Å². The molecule has 2 amide bonds.